The number of halogens is 7. The van der Waals surface area contributed by atoms with Crippen LogP contribution in [0.15, 0.2) is 0 Å². The molecule has 2 rings (SSSR count). The lowest BCUT2D eigenvalue weighted by molar-refractivity contribution is -0.377. The molecule has 2 bridgehead atoms. The summed E-state index contributed by atoms with van der Waals surface area (Å²) in [5, 5.41) is 0. The molecule has 2 aliphatic carbocycles. The van der Waals surface area contributed by atoms with Crippen LogP contribution in [0.5, 0.6) is 0 Å². The van der Waals surface area contributed by atoms with Gasteiger partial charge < -0.3 is 9.47 Å². The van der Waals surface area contributed by atoms with E-state index in [1.165, 1.54) is 0 Å². The number of alkyl halides is 7. The van der Waals surface area contributed by atoms with E-state index in [2.05, 4.69) is 9.47 Å². The molecule has 0 heterocycles. The van der Waals surface area contributed by atoms with Gasteiger partial charge in [-0.3, -0.25) is 0 Å². The van der Waals surface area contributed by atoms with E-state index in [9.17, 15) is 31.1 Å². The van der Waals surface area contributed by atoms with Crippen molar-refractivity contribution in [2.24, 2.45) is 11.8 Å². The van der Waals surface area contributed by atoms with E-state index < -0.39 is 42.1 Å². The molecule has 2 aliphatic rings. The van der Waals surface area contributed by atoms with Crippen molar-refractivity contribution in [1.82, 2.24) is 0 Å². The third kappa shape index (κ3) is 3.88. The van der Waals surface area contributed by atoms with Crippen molar-refractivity contribution in [2.75, 3.05) is 6.61 Å². The van der Waals surface area contributed by atoms with Gasteiger partial charge in [0.25, 0.3) is 0 Å². The van der Waals surface area contributed by atoms with Gasteiger partial charge in [-0.2, -0.15) is 26.3 Å². The van der Waals surface area contributed by atoms with Gasteiger partial charge in [0.1, 0.15) is 5.67 Å². The summed E-state index contributed by atoms with van der Waals surface area (Å²) in [5.41, 5.74) is -7.61. The molecule has 0 radical (unpaired) electrons. The molecule has 0 aliphatic heterocycles. The summed E-state index contributed by atoms with van der Waals surface area (Å²) in [7, 11) is 0. The second-order valence-electron chi connectivity index (χ2n) is 7.17. The van der Waals surface area contributed by atoms with Crippen LogP contribution in [0.3, 0.4) is 0 Å². The van der Waals surface area contributed by atoms with Crippen LogP contribution in [0.4, 0.5) is 35.5 Å². The van der Waals surface area contributed by atoms with E-state index in [1.807, 2.05) is 0 Å². The Hall–Kier alpha value is -1.22. The highest BCUT2D eigenvalue weighted by molar-refractivity contribution is 5.61. The van der Waals surface area contributed by atoms with Crippen LogP contribution in [0.1, 0.15) is 51.9 Å². The van der Waals surface area contributed by atoms with Crippen LogP contribution in [0.2, 0.25) is 0 Å². The molecular weight excluding hydrogens is 373 g/mol. The van der Waals surface area contributed by atoms with Gasteiger partial charge in [-0.25, -0.2) is 9.18 Å². The summed E-state index contributed by atoms with van der Waals surface area (Å²) < 4.78 is 104. The molecule has 0 amide bonds. The molecule has 0 saturated heterocycles. The Balaban J connectivity index is 2.30. The zero-order chi connectivity index (χ0) is 19.8. The van der Waals surface area contributed by atoms with Crippen molar-refractivity contribution >= 4 is 6.16 Å². The monoisotopic (exact) mass is 394 g/mol. The summed E-state index contributed by atoms with van der Waals surface area (Å²) in [4.78, 5) is 11.5. The number of carbonyl (C=O) groups excluding carboxylic acids is 1. The van der Waals surface area contributed by atoms with Crippen LogP contribution in [0, 0.1) is 11.8 Å². The van der Waals surface area contributed by atoms with Gasteiger partial charge in [0.15, 0.2) is 0 Å². The van der Waals surface area contributed by atoms with Crippen molar-refractivity contribution in [3.05, 3.63) is 0 Å². The van der Waals surface area contributed by atoms with Crippen LogP contribution in [-0.2, 0) is 9.47 Å². The first-order chi connectivity index (χ1) is 11.8. The van der Waals surface area contributed by atoms with Gasteiger partial charge in [-0.05, 0) is 43.9 Å². The second-order valence-corrected chi connectivity index (χ2v) is 7.17. The summed E-state index contributed by atoms with van der Waals surface area (Å²) in [5.74, 6) is -1.13. The quantitative estimate of drug-likeness (QED) is 0.328. The number of fused-ring (bicyclic) bond motifs is 2. The molecule has 2 fully saturated rings. The first-order valence-corrected chi connectivity index (χ1v) is 8.53. The highest BCUT2D eigenvalue weighted by atomic mass is 19.4. The molecule has 0 spiro atoms. The highest BCUT2D eigenvalue weighted by Crippen LogP contribution is 2.60. The number of carbonyl (C=O) groups is 1. The predicted molar refractivity (Wildman–Crippen MR) is 76.1 cm³/mol. The minimum absolute atomic E-state index is 0.230. The fourth-order valence-corrected chi connectivity index (χ4v) is 3.99. The Kier molecular flexibility index (Phi) is 5.73. The number of ether oxygens (including phenoxy) is 2. The Morgan fingerprint density at radius 3 is 2.15 bits per heavy atom. The van der Waals surface area contributed by atoms with E-state index in [0.29, 0.717) is 12.8 Å². The van der Waals surface area contributed by atoms with Crippen LogP contribution in [-0.4, -0.2) is 36.4 Å². The molecule has 0 N–H and O–H groups in total. The van der Waals surface area contributed by atoms with Crippen LogP contribution < -0.4 is 0 Å². The van der Waals surface area contributed by atoms with Gasteiger partial charge in [0.05, 0.1) is 6.61 Å². The number of hydrogen-bond donors (Lipinski definition) is 0. The Bertz CT molecular complexity index is 503. The Morgan fingerprint density at radius 2 is 1.73 bits per heavy atom. The summed E-state index contributed by atoms with van der Waals surface area (Å²) >= 11 is 0. The van der Waals surface area contributed by atoms with Crippen molar-refractivity contribution in [2.45, 2.75) is 75.5 Å². The first-order valence-electron chi connectivity index (χ1n) is 8.53. The third-order valence-electron chi connectivity index (χ3n) is 5.33. The van der Waals surface area contributed by atoms with E-state index in [-0.39, 0.29) is 38.2 Å². The van der Waals surface area contributed by atoms with E-state index in [0.717, 1.165) is 0 Å². The van der Waals surface area contributed by atoms with Gasteiger partial charge in [0, 0.05) is 6.42 Å². The molecule has 2 saturated carbocycles. The average Bonchev–Trinajstić information content (AvgIpc) is 3.04. The number of rotatable bonds is 6. The molecule has 0 aromatic heterocycles. The topological polar surface area (TPSA) is 35.5 Å². The summed E-state index contributed by atoms with van der Waals surface area (Å²) in [6.07, 6.45) is -14.7. The van der Waals surface area contributed by atoms with Gasteiger partial charge in [-0.15, -0.1) is 0 Å². The SMILES string of the molecule is CCCCOC(=O)OC(CC1(F)CC2CCC1C2)(C(F)(F)F)C(F)(F)F. The smallest absolute Gasteiger partial charge is 0.434 e. The van der Waals surface area contributed by atoms with Crippen LogP contribution >= 0.6 is 0 Å². The van der Waals surface area contributed by atoms with Crippen molar-refractivity contribution in [1.29, 1.82) is 0 Å². The lowest BCUT2D eigenvalue weighted by Crippen LogP contribution is -2.63. The second kappa shape index (κ2) is 7.07. The molecule has 152 valence electrons. The minimum atomic E-state index is -6.03. The molecule has 3 atom stereocenters. The maximum absolute atomic E-state index is 15.1. The third-order valence-corrected chi connectivity index (χ3v) is 5.33. The molecular formula is C16H21F7O3. The number of hydrogen-bond acceptors (Lipinski definition) is 3. The fourth-order valence-electron chi connectivity index (χ4n) is 3.99. The van der Waals surface area contributed by atoms with E-state index in [1.54, 1.807) is 6.92 Å². The summed E-state index contributed by atoms with van der Waals surface area (Å²) in [6, 6.07) is 0. The molecule has 3 unspecified atom stereocenters. The summed E-state index contributed by atoms with van der Waals surface area (Å²) in [6.45, 7) is 1.30. The standard InChI is InChI=1S/C16H21F7O3/c1-2-3-6-25-12(24)26-14(15(18,19)20,16(21,22)23)9-13(17)8-10-4-5-11(13)7-10/h10-11H,2-9H2,1H3. The Morgan fingerprint density at radius 1 is 1.12 bits per heavy atom. The normalized spacial score (nSPS) is 29.1. The highest BCUT2D eigenvalue weighted by Gasteiger charge is 2.77. The largest absolute Gasteiger partial charge is 0.509 e. The first kappa shape index (κ1) is 21.1. The van der Waals surface area contributed by atoms with Gasteiger partial charge in [0.2, 0.25) is 0 Å². The van der Waals surface area contributed by atoms with E-state index in [4.69, 9.17) is 0 Å². The van der Waals surface area contributed by atoms with Crippen LogP contribution in [0.25, 0.3) is 0 Å². The maximum atomic E-state index is 15.1. The molecule has 26 heavy (non-hydrogen) atoms. The lowest BCUT2D eigenvalue weighted by Gasteiger charge is -2.41. The van der Waals surface area contributed by atoms with Crippen molar-refractivity contribution in [3.8, 4) is 0 Å². The predicted octanol–water partition coefficient (Wildman–Crippen LogP) is 5.72. The van der Waals surface area contributed by atoms with Crippen molar-refractivity contribution < 1.29 is 45.0 Å². The Labute approximate surface area is 146 Å². The molecule has 10 heteroatoms. The average molecular weight is 394 g/mol. The molecule has 0 aromatic rings. The fraction of sp³-hybridized carbons (Fsp3) is 0.938. The zero-order valence-corrected chi connectivity index (χ0v) is 14.2. The number of unbranched alkanes of at least 4 members (excludes halogenated alkanes) is 1. The van der Waals surface area contributed by atoms with Gasteiger partial charge >= 0.3 is 24.1 Å². The van der Waals surface area contributed by atoms with E-state index >= 15 is 4.39 Å². The molecule has 0 aromatic carbocycles. The zero-order valence-electron chi connectivity index (χ0n) is 14.2. The minimum Gasteiger partial charge on any atom is -0.434 e. The maximum Gasteiger partial charge on any atom is 0.509 e. The molecule has 3 nitrogen and oxygen atoms in total. The van der Waals surface area contributed by atoms with Crippen molar-refractivity contribution in [3.63, 3.8) is 0 Å². The lowest BCUT2D eigenvalue weighted by atomic mass is 9.77. The van der Waals surface area contributed by atoms with Gasteiger partial charge in [-0.1, -0.05) is 13.3 Å².